The van der Waals surface area contributed by atoms with Gasteiger partial charge in [0.1, 0.15) is 0 Å². The standard InChI is InChI=1S/C23H26N4O2S/c1-13-3-5-18(6-4-13)20-25-24-19(28-20)14(2)30-22-27-26-21(29-22)23-10-15-7-16(11-23)9-17(8-15)12-23/h3-6,14-17H,7-12H2,1-2H3/t14-,15?,16?,17?,23?/m0/s1. The van der Waals surface area contributed by atoms with E-state index in [9.17, 15) is 0 Å². The molecule has 2 aromatic heterocycles. The van der Waals surface area contributed by atoms with Gasteiger partial charge in [0.05, 0.1) is 5.25 Å². The van der Waals surface area contributed by atoms with Crippen LogP contribution in [0.25, 0.3) is 11.5 Å². The largest absolute Gasteiger partial charge is 0.419 e. The molecular weight excluding hydrogens is 396 g/mol. The van der Waals surface area contributed by atoms with Crippen LogP contribution >= 0.6 is 11.8 Å². The zero-order valence-corrected chi connectivity index (χ0v) is 18.2. The Bertz CT molecular complexity index is 1020. The van der Waals surface area contributed by atoms with Crippen molar-refractivity contribution < 1.29 is 8.83 Å². The van der Waals surface area contributed by atoms with Crippen LogP contribution in [0.4, 0.5) is 0 Å². The molecule has 3 aromatic rings. The lowest BCUT2D eigenvalue weighted by molar-refractivity contribution is -0.0191. The molecule has 0 spiro atoms. The van der Waals surface area contributed by atoms with Crippen LogP contribution in [0.3, 0.4) is 0 Å². The van der Waals surface area contributed by atoms with Crippen molar-refractivity contribution in [3.8, 4) is 11.5 Å². The molecule has 156 valence electrons. The van der Waals surface area contributed by atoms with E-state index in [1.54, 1.807) is 0 Å². The van der Waals surface area contributed by atoms with Crippen molar-refractivity contribution in [2.24, 2.45) is 17.8 Å². The molecule has 0 aliphatic heterocycles. The number of benzene rings is 1. The van der Waals surface area contributed by atoms with Crippen LogP contribution in [0.5, 0.6) is 0 Å². The van der Waals surface area contributed by atoms with Crippen molar-refractivity contribution in [2.75, 3.05) is 0 Å². The molecule has 0 unspecified atom stereocenters. The lowest BCUT2D eigenvalue weighted by atomic mass is 9.49. The molecule has 7 heteroatoms. The van der Waals surface area contributed by atoms with Gasteiger partial charge in [0, 0.05) is 11.0 Å². The van der Waals surface area contributed by atoms with E-state index >= 15 is 0 Å². The summed E-state index contributed by atoms with van der Waals surface area (Å²) in [5.74, 6) is 4.55. The maximum absolute atomic E-state index is 6.22. The van der Waals surface area contributed by atoms with Crippen LogP contribution < -0.4 is 0 Å². The molecule has 0 amide bonds. The minimum Gasteiger partial charge on any atom is -0.419 e. The highest BCUT2D eigenvalue weighted by molar-refractivity contribution is 7.99. The highest BCUT2D eigenvalue weighted by Crippen LogP contribution is 2.60. The highest BCUT2D eigenvalue weighted by atomic mass is 32.2. The molecular formula is C23H26N4O2S. The predicted molar refractivity (Wildman–Crippen MR) is 113 cm³/mol. The van der Waals surface area contributed by atoms with Crippen molar-refractivity contribution in [3.05, 3.63) is 41.6 Å². The predicted octanol–water partition coefficient (Wildman–Crippen LogP) is 5.75. The third-order valence-electron chi connectivity index (χ3n) is 7.26. The van der Waals surface area contributed by atoms with E-state index in [0.717, 1.165) is 29.2 Å². The minimum absolute atomic E-state index is 0.0543. The average molecular weight is 423 g/mol. The zero-order chi connectivity index (χ0) is 20.3. The van der Waals surface area contributed by atoms with E-state index in [4.69, 9.17) is 8.83 Å². The summed E-state index contributed by atoms with van der Waals surface area (Å²) < 4.78 is 12.1. The van der Waals surface area contributed by atoms with Gasteiger partial charge in [-0.15, -0.1) is 20.4 Å². The number of aromatic nitrogens is 4. The average Bonchev–Trinajstić information content (AvgIpc) is 3.38. The molecule has 1 aromatic carbocycles. The Morgan fingerprint density at radius 3 is 2.23 bits per heavy atom. The Morgan fingerprint density at radius 2 is 1.57 bits per heavy atom. The van der Waals surface area contributed by atoms with E-state index in [1.165, 1.54) is 55.9 Å². The van der Waals surface area contributed by atoms with Gasteiger partial charge in [-0.25, -0.2) is 0 Å². The second-order valence-corrected chi connectivity index (χ2v) is 10.9. The highest BCUT2D eigenvalue weighted by Gasteiger charge is 2.54. The number of nitrogens with zero attached hydrogens (tertiary/aromatic N) is 4. The van der Waals surface area contributed by atoms with Gasteiger partial charge >= 0.3 is 0 Å². The first-order valence-corrected chi connectivity index (χ1v) is 11.9. The van der Waals surface area contributed by atoms with Gasteiger partial charge in [-0.2, -0.15) is 0 Å². The van der Waals surface area contributed by atoms with Gasteiger partial charge in [-0.1, -0.05) is 29.5 Å². The third kappa shape index (κ3) is 3.18. The van der Waals surface area contributed by atoms with Gasteiger partial charge in [-0.3, -0.25) is 0 Å². The molecule has 7 rings (SSSR count). The molecule has 0 radical (unpaired) electrons. The first kappa shape index (κ1) is 18.6. The number of hydrogen-bond acceptors (Lipinski definition) is 7. The Morgan fingerprint density at radius 1 is 0.900 bits per heavy atom. The first-order chi connectivity index (χ1) is 14.6. The normalized spacial score (nSPS) is 30.7. The second kappa shape index (κ2) is 6.94. The minimum atomic E-state index is -0.0543. The van der Waals surface area contributed by atoms with Crippen molar-refractivity contribution in [3.63, 3.8) is 0 Å². The van der Waals surface area contributed by atoms with Crippen LogP contribution in [0.1, 0.15) is 68.0 Å². The first-order valence-electron chi connectivity index (χ1n) is 11.0. The van der Waals surface area contributed by atoms with Crippen LogP contribution in [-0.4, -0.2) is 20.4 Å². The molecule has 4 aliphatic carbocycles. The van der Waals surface area contributed by atoms with Crippen LogP contribution in [0.15, 0.2) is 38.3 Å². The summed E-state index contributed by atoms with van der Waals surface area (Å²) in [5, 5.41) is 17.9. The van der Waals surface area contributed by atoms with E-state index in [2.05, 4.69) is 27.3 Å². The van der Waals surface area contributed by atoms with Gasteiger partial charge in [0.2, 0.25) is 17.7 Å². The summed E-state index contributed by atoms with van der Waals surface area (Å²) in [7, 11) is 0. The van der Waals surface area contributed by atoms with Crippen molar-refractivity contribution in [1.82, 2.24) is 20.4 Å². The number of thioether (sulfide) groups is 1. The smallest absolute Gasteiger partial charge is 0.277 e. The van der Waals surface area contributed by atoms with Gasteiger partial charge < -0.3 is 8.83 Å². The zero-order valence-electron chi connectivity index (χ0n) is 17.4. The fourth-order valence-electron chi connectivity index (χ4n) is 6.26. The van der Waals surface area contributed by atoms with Crippen molar-refractivity contribution in [2.45, 2.75) is 68.3 Å². The molecule has 4 bridgehead atoms. The summed E-state index contributed by atoms with van der Waals surface area (Å²) in [5.41, 5.74) is 2.26. The van der Waals surface area contributed by atoms with E-state index in [1.807, 2.05) is 31.2 Å². The maximum Gasteiger partial charge on any atom is 0.277 e. The Kier molecular flexibility index (Phi) is 4.30. The lowest BCUT2D eigenvalue weighted by Gasteiger charge is -2.55. The molecule has 30 heavy (non-hydrogen) atoms. The Labute approximate surface area is 180 Å². The second-order valence-electron chi connectivity index (χ2n) is 9.64. The molecule has 0 saturated heterocycles. The fraction of sp³-hybridized carbons (Fsp3) is 0.565. The van der Waals surface area contributed by atoms with Gasteiger partial charge in [0.15, 0.2) is 0 Å². The summed E-state index contributed by atoms with van der Waals surface area (Å²) in [6.45, 7) is 4.09. The molecule has 0 N–H and O–H groups in total. The number of aryl methyl sites for hydroxylation is 1. The fourth-order valence-corrected chi connectivity index (χ4v) is 6.97. The quantitative estimate of drug-likeness (QED) is 0.484. The van der Waals surface area contributed by atoms with Gasteiger partial charge in [0.25, 0.3) is 5.22 Å². The Hall–Kier alpha value is -2.15. The summed E-state index contributed by atoms with van der Waals surface area (Å²) in [4.78, 5) is 0. The van der Waals surface area contributed by atoms with Gasteiger partial charge in [-0.05, 0) is 82.3 Å². The number of rotatable bonds is 5. The Balaban J connectivity index is 1.18. The van der Waals surface area contributed by atoms with E-state index < -0.39 is 0 Å². The van der Waals surface area contributed by atoms with Crippen LogP contribution in [-0.2, 0) is 5.41 Å². The molecule has 1 atom stereocenters. The van der Waals surface area contributed by atoms with E-state index in [-0.39, 0.29) is 10.7 Å². The lowest BCUT2D eigenvalue weighted by Crippen LogP contribution is -2.48. The van der Waals surface area contributed by atoms with Crippen LogP contribution in [0.2, 0.25) is 0 Å². The van der Waals surface area contributed by atoms with Crippen molar-refractivity contribution in [1.29, 1.82) is 0 Å². The van der Waals surface area contributed by atoms with Crippen LogP contribution in [0, 0.1) is 24.7 Å². The van der Waals surface area contributed by atoms with Crippen molar-refractivity contribution >= 4 is 11.8 Å². The molecule has 4 saturated carbocycles. The van der Waals surface area contributed by atoms with E-state index in [0.29, 0.717) is 17.0 Å². The summed E-state index contributed by atoms with van der Waals surface area (Å²) >= 11 is 1.50. The SMILES string of the molecule is Cc1ccc(-c2nnc([C@H](C)Sc3nnc(C45CC6CC(CC(C6)C4)C5)o3)o2)cc1. The number of hydrogen-bond donors (Lipinski definition) is 0. The topological polar surface area (TPSA) is 77.8 Å². The molecule has 4 fully saturated rings. The monoisotopic (exact) mass is 422 g/mol. The summed E-state index contributed by atoms with van der Waals surface area (Å²) in [6, 6.07) is 8.09. The third-order valence-corrected chi connectivity index (χ3v) is 8.18. The molecule has 6 nitrogen and oxygen atoms in total. The molecule has 4 aliphatic rings. The maximum atomic E-state index is 6.22. The summed E-state index contributed by atoms with van der Waals surface area (Å²) in [6.07, 6.45) is 7.91. The molecule has 2 heterocycles.